The van der Waals surface area contributed by atoms with Crippen LogP contribution >= 0.6 is 11.8 Å². The molecule has 0 unspecified atom stereocenters. The average Bonchev–Trinajstić information content (AvgIpc) is 3.22. The van der Waals surface area contributed by atoms with E-state index in [0.717, 1.165) is 30.2 Å². The number of nitrogens with zero attached hydrogens (tertiary/aromatic N) is 1. The Balaban J connectivity index is 1.54. The summed E-state index contributed by atoms with van der Waals surface area (Å²) >= 11 is 0.998. The van der Waals surface area contributed by atoms with E-state index in [2.05, 4.69) is 0 Å². The maximum absolute atomic E-state index is 12.7. The number of hydrogen-bond donors (Lipinski definition) is 0. The molecule has 1 aliphatic carbocycles. The Morgan fingerprint density at radius 3 is 2.81 bits per heavy atom. The van der Waals surface area contributed by atoms with Crippen LogP contribution in [0.5, 0.6) is 17.2 Å². The predicted molar refractivity (Wildman–Crippen MR) is 98.4 cm³/mol. The van der Waals surface area contributed by atoms with Gasteiger partial charge in [-0.05, 0) is 54.3 Å². The Morgan fingerprint density at radius 1 is 1.23 bits per heavy atom. The molecule has 1 saturated carbocycles. The Kier molecular flexibility index (Phi) is 4.80. The molecule has 6 nitrogen and oxygen atoms in total. The molecule has 1 aromatic carbocycles. The molecule has 0 spiro atoms. The molecule has 2 amide bonds. The highest BCUT2D eigenvalue weighted by Gasteiger charge is 2.36. The first kappa shape index (κ1) is 17.3. The minimum absolute atomic E-state index is 0.146. The van der Waals surface area contributed by atoms with Crippen molar-refractivity contribution in [3.8, 4) is 17.2 Å². The fourth-order valence-electron chi connectivity index (χ4n) is 3.67. The van der Waals surface area contributed by atoms with Crippen molar-refractivity contribution in [2.24, 2.45) is 5.92 Å². The van der Waals surface area contributed by atoms with E-state index in [0.29, 0.717) is 34.6 Å². The van der Waals surface area contributed by atoms with Gasteiger partial charge in [-0.2, -0.15) is 0 Å². The molecule has 1 saturated heterocycles. The summed E-state index contributed by atoms with van der Waals surface area (Å²) in [5.74, 6) is 1.92. The molecular weight excluding hydrogens is 354 g/mol. The van der Waals surface area contributed by atoms with E-state index in [4.69, 9.17) is 14.2 Å². The van der Waals surface area contributed by atoms with Gasteiger partial charge in [-0.3, -0.25) is 14.5 Å². The number of ether oxygens (including phenoxy) is 3. The lowest BCUT2D eigenvalue weighted by Crippen LogP contribution is -2.34. The summed E-state index contributed by atoms with van der Waals surface area (Å²) in [6, 6.07) is 3.57. The Hall–Kier alpha value is -2.15. The van der Waals surface area contributed by atoms with Crippen molar-refractivity contribution < 1.29 is 23.8 Å². The molecule has 7 heteroatoms. The van der Waals surface area contributed by atoms with Crippen molar-refractivity contribution in [1.82, 2.24) is 4.90 Å². The van der Waals surface area contributed by atoms with Gasteiger partial charge in [-0.15, -0.1) is 0 Å². The van der Waals surface area contributed by atoms with Gasteiger partial charge >= 0.3 is 0 Å². The van der Waals surface area contributed by atoms with Crippen LogP contribution in [0.15, 0.2) is 17.0 Å². The Labute approximate surface area is 156 Å². The molecule has 1 aromatic rings. The second-order valence-corrected chi connectivity index (χ2v) is 7.75. The lowest BCUT2D eigenvalue weighted by Gasteiger charge is -2.25. The van der Waals surface area contributed by atoms with Gasteiger partial charge in [-0.1, -0.05) is 19.3 Å². The SMILES string of the molecule is COc1cc(/C=C2/SC(=O)N(CC3CCCCC3)C2=O)cc2c1OCO2. The minimum atomic E-state index is -0.206. The van der Waals surface area contributed by atoms with Crippen LogP contribution in [0.2, 0.25) is 0 Å². The number of carbonyl (C=O) groups excluding carboxylic acids is 2. The first-order valence-corrected chi connectivity index (χ1v) is 9.70. The number of carbonyl (C=O) groups is 2. The van der Waals surface area contributed by atoms with Gasteiger partial charge in [0.25, 0.3) is 11.1 Å². The van der Waals surface area contributed by atoms with E-state index < -0.39 is 0 Å². The third kappa shape index (κ3) is 3.28. The number of thioether (sulfide) groups is 1. The summed E-state index contributed by atoms with van der Waals surface area (Å²) in [4.78, 5) is 26.9. The summed E-state index contributed by atoms with van der Waals surface area (Å²) in [7, 11) is 1.55. The van der Waals surface area contributed by atoms with Crippen LogP contribution in [0, 0.1) is 5.92 Å². The summed E-state index contributed by atoms with van der Waals surface area (Å²) in [6.45, 7) is 0.680. The third-order valence-electron chi connectivity index (χ3n) is 5.02. The molecule has 3 aliphatic rings. The van der Waals surface area contributed by atoms with Crippen LogP contribution in [0.1, 0.15) is 37.7 Å². The zero-order valence-corrected chi connectivity index (χ0v) is 15.5. The van der Waals surface area contributed by atoms with E-state index in [1.807, 2.05) is 0 Å². The molecule has 138 valence electrons. The second kappa shape index (κ2) is 7.23. The van der Waals surface area contributed by atoms with Crippen LogP contribution in [0.25, 0.3) is 6.08 Å². The van der Waals surface area contributed by atoms with Gasteiger partial charge in [-0.25, -0.2) is 0 Å². The van der Waals surface area contributed by atoms with Gasteiger partial charge in [0.15, 0.2) is 11.5 Å². The lowest BCUT2D eigenvalue weighted by atomic mass is 9.89. The number of hydrogen-bond acceptors (Lipinski definition) is 6. The maximum Gasteiger partial charge on any atom is 0.293 e. The quantitative estimate of drug-likeness (QED) is 0.740. The molecule has 2 aliphatic heterocycles. The number of methoxy groups -OCH3 is 1. The molecule has 0 atom stereocenters. The van der Waals surface area contributed by atoms with Crippen molar-refractivity contribution in [3.63, 3.8) is 0 Å². The molecule has 2 heterocycles. The smallest absolute Gasteiger partial charge is 0.293 e. The van der Waals surface area contributed by atoms with Crippen LogP contribution < -0.4 is 14.2 Å². The number of benzene rings is 1. The number of amides is 2. The van der Waals surface area contributed by atoms with Gasteiger partial charge in [0.1, 0.15) is 0 Å². The van der Waals surface area contributed by atoms with Crippen molar-refractivity contribution >= 4 is 29.0 Å². The fourth-order valence-corrected chi connectivity index (χ4v) is 4.52. The molecule has 4 rings (SSSR count). The molecule has 0 radical (unpaired) electrons. The van der Waals surface area contributed by atoms with Crippen molar-refractivity contribution in [2.45, 2.75) is 32.1 Å². The molecule has 2 fully saturated rings. The Morgan fingerprint density at radius 2 is 2.04 bits per heavy atom. The van der Waals surface area contributed by atoms with E-state index >= 15 is 0 Å². The lowest BCUT2D eigenvalue weighted by molar-refractivity contribution is -0.123. The standard InChI is InChI=1S/C19H21NO5S/c1-23-14-7-13(8-15-17(14)25-11-24-15)9-16-18(21)20(19(22)26-16)10-12-5-3-2-4-6-12/h7-9,12H,2-6,10-11H2,1H3/b16-9+. The van der Waals surface area contributed by atoms with Crippen LogP contribution in [-0.2, 0) is 4.79 Å². The van der Waals surface area contributed by atoms with E-state index in [1.54, 1.807) is 25.3 Å². The number of imide groups is 1. The van der Waals surface area contributed by atoms with E-state index in [-0.39, 0.29) is 17.9 Å². The largest absolute Gasteiger partial charge is 0.493 e. The highest BCUT2D eigenvalue weighted by molar-refractivity contribution is 8.18. The molecular formula is C19H21NO5S. The molecule has 0 aromatic heterocycles. The summed E-state index contributed by atoms with van der Waals surface area (Å²) in [5, 5.41) is -0.181. The monoisotopic (exact) mass is 375 g/mol. The van der Waals surface area contributed by atoms with Crippen molar-refractivity contribution in [2.75, 3.05) is 20.4 Å². The highest BCUT2D eigenvalue weighted by Crippen LogP contribution is 2.43. The third-order valence-corrected chi connectivity index (χ3v) is 5.92. The average molecular weight is 375 g/mol. The number of fused-ring (bicyclic) bond motifs is 1. The van der Waals surface area contributed by atoms with Gasteiger partial charge < -0.3 is 14.2 Å². The highest BCUT2D eigenvalue weighted by atomic mass is 32.2. The number of rotatable bonds is 4. The van der Waals surface area contributed by atoms with Gasteiger partial charge in [0.05, 0.1) is 12.0 Å². The molecule has 26 heavy (non-hydrogen) atoms. The fraction of sp³-hybridized carbons (Fsp3) is 0.474. The normalized spacial score (nSPS) is 21.7. The summed E-state index contributed by atoms with van der Waals surface area (Å²) in [6.07, 6.45) is 7.54. The zero-order chi connectivity index (χ0) is 18.1. The molecule has 0 bridgehead atoms. The second-order valence-electron chi connectivity index (χ2n) is 6.75. The maximum atomic E-state index is 12.7. The minimum Gasteiger partial charge on any atom is -0.493 e. The van der Waals surface area contributed by atoms with Gasteiger partial charge in [0, 0.05) is 6.54 Å². The predicted octanol–water partition coefficient (Wildman–Crippen LogP) is 4.04. The topological polar surface area (TPSA) is 65.1 Å². The van der Waals surface area contributed by atoms with Crippen LogP contribution in [0.3, 0.4) is 0 Å². The first-order valence-electron chi connectivity index (χ1n) is 8.88. The first-order chi connectivity index (χ1) is 12.7. The van der Waals surface area contributed by atoms with E-state index in [1.165, 1.54) is 24.2 Å². The molecule has 0 N–H and O–H groups in total. The van der Waals surface area contributed by atoms with Crippen LogP contribution in [-0.4, -0.2) is 36.5 Å². The van der Waals surface area contributed by atoms with Gasteiger partial charge in [0.2, 0.25) is 12.5 Å². The summed E-state index contributed by atoms with van der Waals surface area (Å²) < 4.78 is 16.1. The zero-order valence-electron chi connectivity index (χ0n) is 14.7. The summed E-state index contributed by atoms with van der Waals surface area (Å²) in [5.41, 5.74) is 0.745. The van der Waals surface area contributed by atoms with Crippen molar-refractivity contribution in [1.29, 1.82) is 0 Å². The van der Waals surface area contributed by atoms with E-state index in [9.17, 15) is 9.59 Å². The Bertz CT molecular complexity index is 769. The van der Waals surface area contributed by atoms with Crippen LogP contribution in [0.4, 0.5) is 4.79 Å². The van der Waals surface area contributed by atoms with Crippen molar-refractivity contribution in [3.05, 3.63) is 22.6 Å².